The maximum absolute atomic E-state index is 13.2. The van der Waals surface area contributed by atoms with Gasteiger partial charge in [0, 0.05) is 30.1 Å². The molecule has 1 fully saturated rings. The van der Waals surface area contributed by atoms with E-state index in [0.29, 0.717) is 19.1 Å². The number of carbonyl (C=O) groups is 2. The summed E-state index contributed by atoms with van der Waals surface area (Å²) in [6, 6.07) is 3.20. The van der Waals surface area contributed by atoms with Gasteiger partial charge in [-0.25, -0.2) is 13.8 Å². The lowest BCUT2D eigenvalue weighted by atomic mass is 10.2. The van der Waals surface area contributed by atoms with Crippen molar-refractivity contribution in [3.8, 4) is 0 Å². The molecule has 0 spiro atoms. The highest BCUT2D eigenvalue weighted by Crippen LogP contribution is 2.21. The van der Waals surface area contributed by atoms with E-state index in [4.69, 9.17) is 0 Å². The van der Waals surface area contributed by atoms with Gasteiger partial charge in [0.15, 0.2) is 16.8 Å². The van der Waals surface area contributed by atoms with Crippen LogP contribution >= 0.6 is 11.3 Å². The zero-order valence-corrected chi connectivity index (χ0v) is 15.1. The van der Waals surface area contributed by atoms with Crippen molar-refractivity contribution in [2.45, 2.75) is 12.5 Å². The van der Waals surface area contributed by atoms with Gasteiger partial charge < -0.3 is 9.80 Å². The number of carbonyl (C=O) groups excluding carboxylic acids is 2. The van der Waals surface area contributed by atoms with Crippen LogP contribution in [0.2, 0.25) is 0 Å². The van der Waals surface area contributed by atoms with Gasteiger partial charge in [0.1, 0.15) is 5.69 Å². The molecule has 1 aliphatic heterocycles. The molecule has 0 saturated carbocycles. The molecule has 1 aliphatic rings. The van der Waals surface area contributed by atoms with E-state index in [9.17, 15) is 18.4 Å². The number of likely N-dealkylation sites (tertiary alicyclic amines) is 1. The zero-order valence-electron chi connectivity index (χ0n) is 14.3. The number of hydrogen-bond donors (Lipinski definition) is 1. The van der Waals surface area contributed by atoms with Crippen molar-refractivity contribution in [1.82, 2.24) is 14.8 Å². The van der Waals surface area contributed by atoms with Gasteiger partial charge in [0.05, 0.1) is 0 Å². The standard InChI is InChI=1S/C17H18F2N4O2S/c1-22(2)11-5-6-23(8-11)16(25)14-9-26-17(20-14)21-15(24)10-3-4-12(18)13(19)7-10/h3-4,7,9,11H,5-6,8H2,1-2H3,(H,20,21,24). The van der Waals surface area contributed by atoms with Gasteiger partial charge in [-0.3, -0.25) is 14.9 Å². The Labute approximate surface area is 153 Å². The minimum atomic E-state index is -1.10. The first kappa shape index (κ1) is 18.4. The molecule has 138 valence electrons. The maximum Gasteiger partial charge on any atom is 0.273 e. The van der Waals surface area contributed by atoms with Crippen LogP contribution in [0.15, 0.2) is 23.6 Å². The molecule has 1 atom stereocenters. The average Bonchev–Trinajstić information content (AvgIpc) is 3.26. The van der Waals surface area contributed by atoms with Crippen molar-refractivity contribution in [2.24, 2.45) is 0 Å². The van der Waals surface area contributed by atoms with Crippen molar-refractivity contribution < 1.29 is 18.4 Å². The molecule has 2 aromatic rings. The molecule has 1 saturated heterocycles. The molecule has 9 heteroatoms. The molecular formula is C17H18F2N4O2S. The smallest absolute Gasteiger partial charge is 0.273 e. The van der Waals surface area contributed by atoms with Crippen LogP contribution in [0.5, 0.6) is 0 Å². The maximum atomic E-state index is 13.2. The average molecular weight is 380 g/mol. The summed E-state index contributed by atoms with van der Waals surface area (Å²) in [4.78, 5) is 32.6. The number of hydrogen-bond acceptors (Lipinski definition) is 5. The number of benzene rings is 1. The highest BCUT2D eigenvalue weighted by atomic mass is 32.1. The first-order valence-electron chi connectivity index (χ1n) is 8.03. The Bertz CT molecular complexity index is 840. The first-order chi connectivity index (χ1) is 12.3. The van der Waals surface area contributed by atoms with E-state index in [1.54, 1.807) is 10.3 Å². The molecule has 0 aliphatic carbocycles. The monoisotopic (exact) mass is 380 g/mol. The summed E-state index contributed by atoms with van der Waals surface area (Å²) in [5, 5.41) is 4.30. The molecule has 6 nitrogen and oxygen atoms in total. The molecule has 26 heavy (non-hydrogen) atoms. The van der Waals surface area contributed by atoms with Crippen molar-refractivity contribution in [1.29, 1.82) is 0 Å². The van der Waals surface area contributed by atoms with Crippen LogP contribution < -0.4 is 5.32 Å². The molecule has 3 rings (SSSR count). The van der Waals surface area contributed by atoms with Gasteiger partial charge in [0.2, 0.25) is 0 Å². The first-order valence-corrected chi connectivity index (χ1v) is 8.90. The van der Waals surface area contributed by atoms with E-state index in [1.807, 2.05) is 14.1 Å². The minimum absolute atomic E-state index is 0.0275. The zero-order chi connectivity index (χ0) is 18.8. The summed E-state index contributed by atoms with van der Waals surface area (Å²) in [5.41, 5.74) is 0.232. The lowest BCUT2D eigenvalue weighted by molar-refractivity contribution is 0.0777. The number of aromatic nitrogens is 1. The number of halogens is 2. The van der Waals surface area contributed by atoms with Crippen LogP contribution in [0, 0.1) is 11.6 Å². The topological polar surface area (TPSA) is 65.5 Å². The summed E-state index contributed by atoms with van der Waals surface area (Å²) in [6.45, 7) is 1.30. The molecular weight excluding hydrogens is 362 g/mol. The van der Waals surface area contributed by atoms with Crippen LogP contribution in [-0.4, -0.2) is 59.8 Å². The van der Waals surface area contributed by atoms with Crippen molar-refractivity contribution in [2.75, 3.05) is 32.5 Å². The highest BCUT2D eigenvalue weighted by molar-refractivity contribution is 7.14. The van der Waals surface area contributed by atoms with Gasteiger partial charge in [-0.15, -0.1) is 11.3 Å². The lowest BCUT2D eigenvalue weighted by Crippen LogP contribution is -2.34. The fourth-order valence-electron chi connectivity index (χ4n) is 2.75. The normalized spacial score (nSPS) is 17.0. The third-order valence-corrected chi connectivity index (χ3v) is 5.06. The number of thiazole rings is 1. The third-order valence-electron chi connectivity index (χ3n) is 4.31. The highest BCUT2D eigenvalue weighted by Gasteiger charge is 2.29. The van der Waals surface area contributed by atoms with E-state index in [-0.39, 0.29) is 22.3 Å². The number of rotatable bonds is 4. The molecule has 0 radical (unpaired) electrons. The number of nitrogens with zero attached hydrogens (tertiary/aromatic N) is 3. The van der Waals surface area contributed by atoms with Crippen molar-refractivity contribution in [3.05, 3.63) is 46.5 Å². The Kier molecular flexibility index (Phi) is 5.28. The fraction of sp³-hybridized carbons (Fsp3) is 0.353. The Morgan fingerprint density at radius 1 is 1.31 bits per heavy atom. The molecule has 1 aromatic carbocycles. The number of nitrogens with one attached hydrogen (secondary N) is 1. The predicted octanol–water partition coefficient (Wildman–Crippen LogP) is 2.45. The number of anilines is 1. The minimum Gasteiger partial charge on any atom is -0.336 e. The van der Waals surface area contributed by atoms with Crippen LogP contribution in [0.1, 0.15) is 27.3 Å². The molecule has 1 unspecified atom stereocenters. The summed E-state index contributed by atoms with van der Waals surface area (Å²) >= 11 is 1.11. The second-order valence-electron chi connectivity index (χ2n) is 6.28. The van der Waals surface area contributed by atoms with Crippen LogP contribution in [-0.2, 0) is 0 Å². The molecule has 2 heterocycles. The van der Waals surface area contributed by atoms with Crippen LogP contribution in [0.25, 0.3) is 0 Å². The summed E-state index contributed by atoms with van der Waals surface area (Å²) in [5.74, 6) is -2.92. The molecule has 0 bridgehead atoms. The fourth-order valence-corrected chi connectivity index (χ4v) is 3.43. The lowest BCUT2D eigenvalue weighted by Gasteiger charge is -2.19. The van der Waals surface area contributed by atoms with Gasteiger partial charge in [-0.2, -0.15) is 0 Å². The van der Waals surface area contributed by atoms with Crippen molar-refractivity contribution >= 4 is 28.3 Å². The number of likely N-dealkylation sites (N-methyl/N-ethyl adjacent to an activating group) is 1. The van der Waals surface area contributed by atoms with Crippen LogP contribution in [0.4, 0.5) is 13.9 Å². The summed E-state index contributed by atoms with van der Waals surface area (Å²) in [6.07, 6.45) is 0.905. The Hall–Kier alpha value is -2.39. The van der Waals surface area contributed by atoms with Gasteiger partial charge in [-0.1, -0.05) is 0 Å². The second kappa shape index (κ2) is 7.46. The van der Waals surface area contributed by atoms with E-state index in [1.165, 1.54) is 6.07 Å². The van der Waals surface area contributed by atoms with Gasteiger partial charge in [0.25, 0.3) is 11.8 Å². The largest absolute Gasteiger partial charge is 0.336 e. The van der Waals surface area contributed by atoms with Crippen molar-refractivity contribution in [3.63, 3.8) is 0 Å². The van der Waals surface area contributed by atoms with E-state index in [0.717, 1.165) is 29.9 Å². The predicted molar refractivity (Wildman–Crippen MR) is 94.4 cm³/mol. The Morgan fingerprint density at radius 2 is 2.08 bits per heavy atom. The van der Waals surface area contributed by atoms with E-state index >= 15 is 0 Å². The van der Waals surface area contributed by atoms with E-state index in [2.05, 4.69) is 15.2 Å². The Morgan fingerprint density at radius 3 is 2.73 bits per heavy atom. The molecule has 1 aromatic heterocycles. The summed E-state index contributed by atoms with van der Waals surface area (Å²) < 4.78 is 26.2. The third kappa shape index (κ3) is 3.88. The van der Waals surface area contributed by atoms with Gasteiger partial charge >= 0.3 is 0 Å². The van der Waals surface area contributed by atoms with E-state index < -0.39 is 17.5 Å². The quantitative estimate of drug-likeness (QED) is 0.885. The number of amides is 2. The molecule has 2 amide bonds. The van der Waals surface area contributed by atoms with Crippen LogP contribution in [0.3, 0.4) is 0 Å². The second-order valence-corrected chi connectivity index (χ2v) is 7.14. The Balaban J connectivity index is 1.65. The summed E-state index contributed by atoms with van der Waals surface area (Å²) in [7, 11) is 3.96. The molecule has 1 N–H and O–H groups in total. The SMILES string of the molecule is CN(C)C1CCN(C(=O)c2csc(NC(=O)c3ccc(F)c(F)c3)n2)C1. The van der Waals surface area contributed by atoms with Gasteiger partial charge in [-0.05, 0) is 38.7 Å².